The van der Waals surface area contributed by atoms with Crippen LogP contribution in [0.5, 0.6) is 0 Å². The molecule has 19 heteroatoms. The van der Waals surface area contributed by atoms with E-state index in [-0.39, 0.29) is 12.0 Å². The van der Waals surface area contributed by atoms with Crippen molar-refractivity contribution in [3.63, 3.8) is 0 Å². The molecule has 19 nitrogen and oxygen atoms in total. The highest BCUT2D eigenvalue weighted by atomic mass is 16.9. The Bertz CT molecular complexity index is 2010. The van der Waals surface area contributed by atoms with Crippen LogP contribution in [0.3, 0.4) is 0 Å². The van der Waals surface area contributed by atoms with E-state index in [0.29, 0.717) is 0 Å². The molecule has 1 aromatic rings. The van der Waals surface area contributed by atoms with Gasteiger partial charge in [0.2, 0.25) is 0 Å². The second-order valence-corrected chi connectivity index (χ2v) is 17.2. The highest BCUT2D eigenvalue weighted by Crippen LogP contribution is 2.90. The third-order valence-corrected chi connectivity index (χ3v) is 14.3. The first-order chi connectivity index (χ1) is 27.0. The number of esters is 7. The van der Waals surface area contributed by atoms with Crippen molar-refractivity contribution in [2.24, 2.45) is 28.1 Å². The zero-order valence-corrected chi connectivity index (χ0v) is 33.4. The Morgan fingerprint density at radius 1 is 0.828 bits per heavy atom. The molecule has 4 bridgehead atoms. The molecule has 3 saturated heterocycles. The van der Waals surface area contributed by atoms with Crippen LogP contribution in [0.4, 0.5) is 0 Å². The summed E-state index contributed by atoms with van der Waals surface area (Å²) in [5, 5.41) is 14.1. The summed E-state index contributed by atoms with van der Waals surface area (Å²) in [5.74, 6) is -11.1. The smallest absolute Gasteiger partial charge is 0.306 e. The van der Waals surface area contributed by atoms with Crippen LogP contribution in [0.25, 0.3) is 0 Å². The molecule has 0 radical (unpaired) electrons. The van der Waals surface area contributed by atoms with Gasteiger partial charge in [0.1, 0.15) is 24.4 Å². The summed E-state index contributed by atoms with van der Waals surface area (Å²) in [4.78, 5) is 94.8. The molecule has 7 aliphatic rings. The van der Waals surface area contributed by atoms with Crippen LogP contribution in [-0.2, 0) is 80.9 Å². The Labute approximate surface area is 331 Å². The van der Waals surface area contributed by atoms with E-state index in [1.54, 1.807) is 13.8 Å². The van der Waals surface area contributed by atoms with Gasteiger partial charge in [0, 0.05) is 64.9 Å². The zero-order valence-electron chi connectivity index (χ0n) is 33.4. The van der Waals surface area contributed by atoms with Gasteiger partial charge in [-0.25, -0.2) is 0 Å². The van der Waals surface area contributed by atoms with Crippen molar-refractivity contribution in [2.45, 2.75) is 134 Å². The molecule has 58 heavy (non-hydrogen) atoms. The minimum Gasteiger partial charge on any atom is -0.472 e. The molecule has 2 spiro atoms. The van der Waals surface area contributed by atoms with E-state index in [1.807, 2.05) is 0 Å². The fourth-order valence-electron chi connectivity index (χ4n) is 13.3. The predicted octanol–water partition coefficient (Wildman–Crippen LogP) is 1.49. The van der Waals surface area contributed by atoms with Gasteiger partial charge in [0.25, 0.3) is 5.97 Å². The van der Waals surface area contributed by atoms with Crippen molar-refractivity contribution in [3.8, 4) is 0 Å². The molecule has 316 valence electrons. The molecule has 1 aromatic heterocycles. The monoisotopic (exact) mass is 818 g/mol. The molecule has 4 saturated carbocycles. The average molecular weight is 819 g/mol. The van der Waals surface area contributed by atoms with Gasteiger partial charge in [0.15, 0.2) is 35.1 Å². The van der Waals surface area contributed by atoms with Crippen molar-refractivity contribution < 1.29 is 90.5 Å². The molecule has 0 unspecified atom stereocenters. The largest absolute Gasteiger partial charge is 0.472 e. The number of methoxy groups -OCH3 is 1. The standard InChI is InChI=1S/C39H46O19/c1-17(40)50-16-35-23(12-25(45)48-9)32(6)15-36(35)37(47,30(32)53-20(4)43)31(54-21(5)44)38-24-13-26(46)55-27(22-10-11-49-14-22)33(24,7)28(51-18(2)41)29(52-19(3)42)39(35,38)58-34(8,56-36)57-38/h10-11,14,23-24,27-31,47H,12-13,15-16H2,1-9H3/t23-,24+,27-,28-,29+,30-,31+,32+,33+,34+,35+,36+,37-,38+,39-/m0/s1. The van der Waals surface area contributed by atoms with Crippen molar-refractivity contribution in [2.75, 3.05) is 13.7 Å². The minimum atomic E-state index is -2.68. The van der Waals surface area contributed by atoms with Crippen LogP contribution >= 0.6 is 0 Å². The van der Waals surface area contributed by atoms with Crippen LogP contribution in [-0.4, -0.2) is 113 Å². The Balaban J connectivity index is 1.60. The summed E-state index contributed by atoms with van der Waals surface area (Å²) < 4.78 is 68.9. The number of aliphatic hydroxyl groups is 1. The molecule has 0 aromatic carbocycles. The Morgan fingerprint density at radius 2 is 1.45 bits per heavy atom. The first-order valence-corrected chi connectivity index (χ1v) is 18.9. The van der Waals surface area contributed by atoms with Gasteiger partial charge in [-0.2, -0.15) is 0 Å². The minimum absolute atomic E-state index is 0.275. The second-order valence-electron chi connectivity index (χ2n) is 17.2. The molecule has 4 heterocycles. The third-order valence-electron chi connectivity index (χ3n) is 14.3. The van der Waals surface area contributed by atoms with E-state index >= 15 is 0 Å². The molecule has 8 rings (SSSR count). The Hall–Kier alpha value is -4.59. The summed E-state index contributed by atoms with van der Waals surface area (Å²) in [6, 6.07) is 1.51. The summed E-state index contributed by atoms with van der Waals surface area (Å²) in [5.41, 5.74) is -15.1. The Morgan fingerprint density at radius 3 is 2.02 bits per heavy atom. The number of carbonyl (C=O) groups is 7. The SMILES string of the molecule is COC(=O)C[C@H]1[C@@]2(C)C[C@@]34O[C@]5(C)O[C@]6([C@@H]7CC(=O)O[C@@H](c8ccoc8)[C@]7(C)[C@@H](OC(C)=O)[C@@H](OC(C)=O)[C@]6(O5)[C@]13COC(C)=O)[C@H](OC(C)=O)[C@@]4(O)[C@H]2OC(C)=O. The number of rotatable bonds is 9. The van der Waals surface area contributed by atoms with Crippen LogP contribution in [0.2, 0.25) is 0 Å². The highest BCUT2D eigenvalue weighted by Gasteiger charge is 3.07. The van der Waals surface area contributed by atoms with E-state index in [9.17, 15) is 38.7 Å². The summed E-state index contributed by atoms with van der Waals surface area (Å²) in [7, 11) is 1.15. The number of carbonyl (C=O) groups excluding carboxylic acids is 7. The maximum Gasteiger partial charge on any atom is 0.306 e. The van der Waals surface area contributed by atoms with Gasteiger partial charge >= 0.3 is 41.8 Å². The van der Waals surface area contributed by atoms with E-state index < -0.39 is 148 Å². The number of hydrogen-bond donors (Lipinski definition) is 1. The first kappa shape index (κ1) is 40.2. The summed E-state index contributed by atoms with van der Waals surface area (Å²) >= 11 is 0. The maximum atomic E-state index is 14.2. The van der Waals surface area contributed by atoms with Crippen LogP contribution in [0.15, 0.2) is 23.0 Å². The van der Waals surface area contributed by atoms with Gasteiger partial charge < -0.3 is 56.9 Å². The van der Waals surface area contributed by atoms with Crippen LogP contribution < -0.4 is 0 Å². The third kappa shape index (κ3) is 4.39. The van der Waals surface area contributed by atoms with E-state index in [1.165, 1.54) is 25.5 Å². The van der Waals surface area contributed by atoms with E-state index in [4.69, 9.17) is 51.8 Å². The first-order valence-electron chi connectivity index (χ1n) is 18.9. The number of cyclic esters (lactones) is 1. The lowest BCUT2D eigenvalue weighted by Crippen LogP contribution is -2.98. The average Bonchev–Trinajstić information content (AvgIpc) is 3.82. The molecular weight excluding hydrogens is 772 g/mol. The summed E-state index contributed by atoms with van der Waals surface area (Å²) in [6.07, 6.45) is -7.39. The number of furan rings is 1. The van der Waals surface area contributed by atoms with Crippen molar-refractivity contribution in [3.05, 3.63) is 24.2 Å². The molecule has 7 fully saturated rings. The molecular formula is C39H46O19. The van der Waals surface area contributed by atoms with E-state index in [0.717, 1.165) is 41.7 Å². The van der Waals surface area contributed by atoms with E-state index in [2.05, 4.69) is 0 Å². The lowest BCUT2D eigenvalue weighted by atomic mass is 9.32. The molecule has 1 N–H and O–H groups in total. The predicted molar refractivity (Wildman–Crippen MR) is 183 cm³/mol. The zero-order chi connectivity index (χ0) is 42.4. The topological polar surface area (TPSA) is 245 Å². The fraction of sp³-hybridized carbons (Fsp3) is 0.718. The maximum absolute atomic E-state index is 14.2. The highest BCUT2D eigenvalue weighted by molar-refractivity contribution is 5.76. The quantitative estimate of drug-likeness (QED) is 0.274. The lowest BCUT2D eigenvalue weighted by Gasteiger charge is -2.78. The number of hydrogen-bond acceptors (Lipinski definition) is 19. The van der Waals surface area contributed by atoms with Crippen molar-refractivity contribution in [1.82, 2.24) is 0 Å². The second kappa shape index (κ2) is 12.2. The number of fused-ring (bicyclic) bond motifs is 3. The fourth-order valence-corrected chi connectivity index (χ4v) is 13.3. The van der Waals surface area contributed by atoms with Gasteiger partial charge in [-0.15, -0.1) is 0 Å². The molecule has 15 atom stereocenters. The van der Waals surface area contributed by atoms with Crippen LogP contribution in [0.1, 0.15) is 86.3 Å². The normalized spacial score (nSPS) is 47.2. The van der Waals surface area contributed by atoms with Gasteiger partial charge in [-0.3, -0.25) is 33.6 Å². The van der Waals surface area contributed by atoms with Gasteiger partial charge in [0.05, 0.1) is 36.9 Å². The van der Waals surface area contributed by atoms with Crippen LogP contribution in [0, 0.1) is 28.1 Å². The Kier molecular flexibility index (Phi) is 8.48. The van der Waals surface area contributed by atoms with Gasteiger partial charge in [-0.1, -0.05) is 13.8 Å². The number of ether oxygens (including phenoxy) is 10. The lowest BCUT2D eigenvalue weighted by molar-refractivity contribution is -0.497. The van der Waals surface area contributed by atoms with Gasteiger partial charge in [-0.05, 0) is 18.4 Å². The molecule has 4 aliphatic carbocycles. The summed E-state index contributed by atoms with van der Waals surface area (Å²) in [6.45, 7) is 9.32. The molecule has 0 amide bonds. The van der Waals surface area contributed by atoms with Crippen molar-refractivity contribution in [1.29, 1.82) is 0 Å². The molecule has 3 aliphatic heterocycles. The van der Waals surface area contributed by atoms with Crippen molar-refractivity contribution >= 4 is 41.8 Å².